The summed E-state index contributed by atoms with van der Waals surface area (Å²) in [5.74, 6) is -0.0409. The molecule has 2 heterocycles. The Morgan fingerprint density at radius 2 is 2.11 bits per heavy atom. The summed E-state index contributed by atoms with van der Waals surface area (Å²) in [6.07, 6.45) is 0.571. The number of benzene rings is 1. The SMILES string of the molecule is CCc1nnsc1C(=O)Nc1cc(S(=O)(=O)N2CCOCC2)ccc1OC. The van der Waals surface area contributed by atoms with Gasteiger partial charge in [-0.05, 0) is 36.2 Å². The predicted molar refractivity (Wildman–Crippen MR) is 99.8 cm³/mol. The Balaban J connectivity index is 1.91. The number of morpholine rings is 1. The Hall–Kier alpha value is -2.08. The van der Waals surface area contributed by atoms with E-state index in [0.29, 0.717) is 49.0 Å². The van der Waals surface area contributed by atoms with E-state index in [1.165, 1.54) is 29.6 Å². The molecule has 11 heteroatoms. The quantitative estimate of drug-likeness (QED) is 0.763. The van der Waals surface area contributed by atoms with Crippen molar-refractivity contribution in [2.45, 2.75) is 18.2 Å². The van der Waals surface area contributed by atoms with E-state index in [0.717, 1.165) is 11.5 Å². The summed E-state index contributed by atoms with van der Waals surface area (Å²) < 4.78 is 41.3. The second kappa shape index (κ2) is 8.30. The standard InChI is InChI=1S/C16H20N4O5S2/c1-3-12-15(26-19-18-12)16(21)17-13-10-11(4-5-14(13)24-2)27(22,23)20-6-8-25-9-7-20/h4-5,10H,3,6-9H2,1-2H3,(H,17,21). The zero-order valence-corrected chi connectivity index (χ0v) is 16.6. The van der Waals surface area contributed by atoms with Crippen LogP contribution in [0.15, 0.2) is 23.1 Å². The molecule has 2 aromatic rings. The van der Waals surface area contributed by atoms with Gasteiger partial charge in [0.2, 0.25) is 10.0 Å². The maximum atomic E-state index is 12.9. The van der Waals surface area contributed by atoms with Crippen molar-refractivity contribution in [3.8, 4) is 5.75 Å². The van der Waals surface area contributed by atoms with Crippen LogP contribution in [0.1, 0.15) is 22.3 Å². The molecule has 1 amide bonds. The number of aromatic nitrogens is 2. The molecule has 3 rings (SSSR count). The van der Waals surface area contributed by atoms with Gasteiger partial charge in [-0.1, -0.05) is 11.4 Å². The number of hydrogen-bond donors (Lipinski definition) is 1. The number of carbonyl (C=O) groups excluding carboxylic acids is 1. The molecule has 0 bridgehead atoms. The number of hydrogen-bond acceptors (Lipinski definition) is 8. The molecule has 0 aliphatic carbocycles. The van der Waals surface area contributed by atoms with Crippen LogP contribution in [0.2, 0.25) is 0 Å². The van der Waals surface area contributed by atoms with Crippen LogP contribution in [0.4, 0.5) is 5.69 Å². The topological polar surface area (TPSA) is 111 Å². The van der Waals surface area contributed by atoms with Gasteiger partial charge in [0.25, 0.3) is 5.91 Å². The third-order valence-electron chi connectivity index (χ3n) is 4.12. The zero-order valence-electron chi connectivity index (χ0n) is 15.0. The van der Waals surface area contributed by atoms with E-state index < -0.39 is 15.9 Å². The molecule has 1 aromatic heterocycles. The molecule has 0 radical (unpaired) electrons. The maximum Gasteiger partial charge on any atom is 0.269 e. The second-order valence-corrected chi connectivity index (χ2v) is 8.43. The minimum absolute atomic E-state index is 0.0821. The Labute approximate surface area is 161 Å². The number of anilines is 1. The van der Waals surface area contributed by atoms with Crippen molar-refractivity contribution in [3.63, 3.8) is 0 Å². The molecule has 1 aliphatic rings. The highest BCUT2D eigenvalue weighted by Crippen LogP contribution is 2.30. The maximum absolute atomic E-state index is 12.9. The summed E-state index contributed by atoms with van der Waals surface area (Å²) in [5.41, 5.74) is 0.862. The minimum Gasteiger partial charge on any atom is -0.495 e. The lowest BCUT2D eigenvalue weighted by Gasteiger charge is -2.26. The van der Waals surface area contributed by atoms with Gasteiger partial charge in [-0.15, -0.1) is 5.10 Å². The van der Waals surface area contributed by atoms with Gasteiger partial charge in [-0.25, -0.2) is 8.42 Å². The monoisotopic (exact) mass is 412 g/mol. The van der Waals surface area contributed by atoms with Gasteiger partial charge < -0.3 is 14.8 Å². The van der Waals surface area contributed by atoms with Crippen molar-refractivity contribution in [1.29, 1.82) is 0 Å². The molecule has 1 N–H and O–H groups in total. The van der Waals surface area contributed by atoms with Crippen LogP contribution in [0.3, 0.4) is 0 Å². The molecule has 0 unspecified atom stereocenters. The molecular formula is C16H20N4O5S2. The van der Waals surface area contributed by atoms with E-state index in [9.17, 15) is 13.2 Å². The lowest BCUT2D eigenvalue weighted by Crippen LogP contribution is -2.40. The summed E-state index contributed by atoms with van der Waals surface area (Å²) in [4.78, 5) is 13.0. The van der Waals surface area contributed by atoms with Gasteiger partial charge >= 0.3 is 0 Å². The number of aryl methyl sites for hydroxylation is 1. The number of rotatable bonds is 6. The van der Waals surface area contributed by atoms with Gasteiger partial charge in [0.1, 0.15) is 10.6 Å². The molecule has 1 fully saturated rings. The van der Waals surface area contributed by atoms with Crippen LogP contribution in [-0.4, -0.2) is 61.6 Å². The summed E-state index contributed by atoms with van der Waals surface area (Å²) in [7, 11) is -2.24. The number of ether oxygens (including phenoxy) is 2. The Morgan fingerprint density at radius 1 is 1.37 bits per heavy atom. The van der Waals surface area contributed by atoms with Crippen molar-refractivity contribution < 1.29 is 22.7 Å². The number of nitrogens with one attached hydrogen (secondary N) is 1. The third-order valence-corrected chi connectivity index (χ3v) is 6.79. The van der Waals surface area contributed by atoms with Gasteiger partial charge in [0.05, 0.1) is 36.6 Å². The average molecular weight is 412 g/mol. The Kier molecular flexibility index (Phi) is 6.05. The van der Waals surface area contributed by atoms with Gasteiger partial charge in [0, 0.05) is 13.1 Å². The van der Waals surface area contributed by atoms with E-state index >= 15 is 0 Å². The fourth-order valence-corrected chi connectivity index (χ4v) is 4.75. The molecule has 1 aliphatic heterocycles. The number of sulfonamides is 1. The van der Waals surface area contributed by atoms with E-state index in [1.807, 2.05) is 6.92 Å². The molecule has 0 atom stereocenters. The second-order valence-electron chi connectivity index (χ2n) is 5.73. The highest BCUT2D eigenvalue weighted by molar-refractivity contribution is 7.89. The molecule has 9 nitrogen and oxygen atoms in total. The van der Waals surface area contributed by atoms with E-state index in [4.69, 9.17) is 9.47 Å². The van der Waals surface area contributed by atoms with E-state index in [-0.39, 0.29) is 10.6 Å². The first kappa shape index (κ1) is 19.7. The number of nitrogens with zero attached hydrogens (tertiary/aromatic N) is 3. The first-order valence-electron chi connectivity index (χ1n) is 8.36. The molecule has 1 aromatic carbocycles. The average Bonchev–Trinajstić information content (AvgIpc) is 3.17. The summed E-state index contributed by atoms with van der Waals surface area (Å²) in [6.45, 7) is 3.18. The van der Waals surface area contributed by atoms with Crippen molar-refractivity contribution in [1.82, 2.24) is 13.9 Å². The Morgan fingerprint density at radius 3 is 2.78 bits per heavy atom. The van der Waals surface area contributed by atoms with Crippen molar-refractivity contribution in [2.75, 3.05) is 38.7 Å². The van der Waals surface area contributed by atoms with Crippen LogP contribution in [0, 0.1) is 0 Å². The molecule has 1 saturated heterocycles. The first-order chi connectivity index (χ1) is 13.0. The van der Waals surface area contributed by atoms with Crippen LogP contribution < -0.4 is 10.1 Å². The predicted octanol–water partition coefficient (Wildman–Crippen LogP) is 1.38. The van der Waals surface area contributed by atoms with Gasteiger partial charge in [-0.3, -0.25) is 4.79 Å². The van der Waals surface area contributed by atoms with Gasteiger partial charge in [-0.2, -0.15) is 4.31 Å². The summed E-state index contributed by atoms with van der Waals surface area (Å²) >= 11 is 0.993. The summed E-state index contributed by atoms with van der Waals surface area (Å²) in [5, 5.41) is 6.63. The van der Waals surface area contributed by atoms with E-state index in [1.54, 1.807) is 0 Å². The fraction of sp³-hybridized carbons (Fsp3) is 0.438. The van der Waals surface area contributed by atoms with Crippen LogP contribution in [0.5, 0.6) is 5.75 Å². The highest BCUT2D eigenvalue weighted by Gasteiger charge is 2.27. The molecule has 146 valence electrons. The Bertz CT molecular complexity index is 923. The first-order valence-corrected chi connectivity index (χ1v) is 10.6. The minimum atomic E-state index is -3.69. The van der Waals surface area contributed by atoms with Crippen LogP contribution in [0.25, 0.3) is 0 Å². The largest absolute Gasteiger partial charge is 0.495 e. The van der Waals surface area contributed by atoms with Crippen molar-refractivity contribution >= 4 is 33.2 Å². The van der Waals surface area contributed by atoms with E-state index in [2.05, 4.69) is 14.9 Å². The number of methoxy groups -OCH3 is 1. The zero-order chi connectivity index (χ0) is 19.4. The smallest absolute Gasteiger partial charge is 0.269 e. The van der Waals surface area contributed by atoms with Crippen LogP contribution in [-0.2, 0) is 21.2 Å². The van der Waals surface area contributed by atoms with Crippen LogP contribution >= 0.6 is 11.5 Å². The molecule has 0 saturated carbocycles. The normalized spacial score (nSPS) is 15.5. The van der Waals surface area contributed by atoms with Crippen molar-refractivity contribution in [3.05, 3.63) is 28.8 Å². The number of carbonyl (C=O) groups is 1. The highest BCUT2D eigenvalue weighted by atomic mass is 32.2. The van der Waals surface area contributed by atoms with Gasteiger partial charge in [0.15, 0.2) is 0 Å². The third kappa shape index (κ3) is 4.10. The lowest BCUT2D eigenvalue weighted by molar-refractivity contribution is 0.0730. The molecular weight excluding hydrogens is 392 g/mol. The van der Waals surface area contributed by atoms with Crippen molar-refractivity contribution in [2.24, 2.45) is 0 Å². The molecule has 27 heavy (non-hydrogen) atoms. The fourth-order valence-electron chi connectivity index (χ4n) is 2.67. The number of amides is 1. The lowest BCUT2D eigenvalue weighted by atomic mass is 10.2. The molecule has 0 spiro atoms. The summed E-state index contributed by atoms with van der Waals surface area (Å²) in [6, 6.07) is 4.39.